The lowest BCUT2D eigenvalue weighted by Gasteiger charge is -2.11. The molecule has 0 heterocycles. The van der Waals surface area contributed by atoms with Crippen molar-refractivity contribution in [1.82, 2.24) is 5.32 Å². The molecule has 0 radical (unpaired) electrons. The molecule has 0 aromatic heterocycles. The van der Waals surface area contributed by atoms with Crippen LogP contribution in [-0.2, 0) is 6.54 Å². The summed E-state index contributed by atoms with van der Waals surface area (Å²) in [6, 6.07) is 10.0. The van der Waals surface area contributed by atoms with E-state index in [0.29, 0.717) is 28.4 Å². The van der Waals surface area contributed by atoms with Gasteiger partial charge in [-0.1, -0.05) is 12.1 Å². The van der Waals surface area contributed by atoms with Crippen molar-refractivity contribution in [3.05, 3.63) is 58.1 Å². The number of rotatable bonds is 5. The van der Waals surface area contributed by atoms with Crippen LogP contribution < -0.4 is 10.1 Å². The third-order valence-corrected chi connectivity index (χ3v) is 3.93. The summed E-state index contributed by atoms with van der Waals surface area (Å²) in [6.45, 7) is 0.466. The van der Waals surface area contributed by atoms with Gasteiger partial charge in [0.25, 0.3) is 0 Å². The fraction of sp³-hybridized carbons (Fsp3) is 0.250. The van der Waals surface area contributed by atoms with Crippen LogP contribution in [0.25, 0.3) is 0 Å². The van der Waals surface area contributed by atoms with Gasteiger partial charge in [-0.15, -0.1) is 0 Å². The van der Waals surface area contributed by atoms with Crippen LogP contribution in [0.2, 0.25) is 0 Å². The Kier molecular flexibility index (Phi) is 4.22. The van der Waals surface area contributed by atoms with Crippen molar-refractivity contribution < 1.29 is 13.5 Å². The highest BCUT2D eigenvalue weighted by molar-refractivity contribution is 9.10. The zero-order chi connectivity index (χ0) is 14.8. The van der Waals surface area contributed by atoms with E-state index in [9.17, 15) is 8.78 Å². The Labute approximate surface area is 130 Å². The van der Waals surface area contributed by atoms with E-state index < -0.39 is 11.6 Å². The fourth-order valence-corrected chi connectivity index (χ4v) is 2.36. The van der Waals surface area contributed by atoms with Gasteiger partial charge < -0.3 is 10.1 Å². The van der Waals surface area contributed by atoms with Gasteiger partial charge in [0.15, 0.2) is 17.4 Å². The van der Waals surface area contributed by atoms with E-state index in [1.165, 1.54) is 12.1 Å². The quantitative estimate of drug-likeness (QED) is 0.835. The molecule has 0 amide bonds. The number of hydrogen-bond acceptors (Lipinski definition) is 2. The number of halogens is 3. The smallest absolute Gasteiger partial charge is 0.198 e. The summed E-state index contributed by atoms with van der Waals surface area (Å²) in [4.78, 5) is 0. The minimum absolute atomic E-state index is 0.374. The van der Waals surface area contributed by atoms with Gasteiger partial charge in [-0.25, -0.2) is 8.78 Å². The number of para-hydroxylation sites is 1. The van der Waals surface area contributed by atoms with Gasteiger partial charge in [0.2, 0.25) is 0 Å². The number of nitrogens with one attached hydrogen (secondary N) is 1. The normalized spacial score (nSPS) is 14.2. The first-order chi connectivity index (χ1) is 10.1. The summed E-state index contributed by atoms with van der Waals surface area (Å²) in [5.41, 5.74) is 0.580. The van der Waals surface area contributed by atoms with Crippen molar-refractivity contribution in [3.8, 4) is 11.5 Å². The second kappa shape index (κ2) is 6.12. The average molecular weight is 354 g/mol. The van der Waals surface area contributed by atoms with E-state index in [1.807, 2.05) is 0 Å². The zero-order valence-electron chi connectivity index (χ0n) is 11.2. The molecule has 0 unspecified atom stereocenters. The zero-order valence-corrected chi connectivity index (χ0v) is 12.8. The maximum absolute atomic E-state index is 14.1. The fourth-order valence-electron chi connectivity index (χ4n) is 2.00. The lowest BCUT2D eigenvalue weighted by Crippen LogP contribution is -2.15. The Morgan fingerprint density at radius 3 is 2.43 bits per heavy atom. The van der Waals surface area contributed by atoms with Crippen LogP contribution in [0.5, 0.6) is 11.5 Å². The molecule has 1 aliphatic rings. The molecule has 0 bridgehead atoms. The van der Waals surface area contributed by atoms with E-state index in [0.717, 1.165) is 12.8 Å². The van der Waals surface area contributed by atoms with Crippen LogP contribution in [0.1, 0.15) is 18.4 Å². The van der Waals surface area contributed by atoms with Crippen LogP contribution in [0.3, 0.4) is 0 Å². The minimum atomic E-state index is -0.696. The van der Waals surface area contributed by atoms with Crippen LogP contribution in [0, 0.1) is 11.6 Å². The van der Waals surface area contributed by atoms with Crippen LogP contribution in [0.4, 0.5) is 8.78 Å². The van der Waals surface area contributed by atoms with Crippen molar-refractivity contribution >= 4 is 15.9 Å². The standard InChI is InChI=1S/C16H14BrF2NO/c17-12-3-1-2-4-15(12)21-16-13(18)7-10(8-14(16)19)9-20-11-5-6-11/h1-4,7-8,11,20H,5-6,9H2. The van der Waals surface area contributed by atoms with E-state index in [1.54, 1.807) is 24.3 Å². The SMILES string of the molecule is Fc1cc(CNC2CC2)cc(F)c1Oc1ccccc1Br. The minimum Gasteiger partial charge on any atom is -0.450 e. The molecule has 2 aromatic carbocycles. The van der Waals surface area contributed by atoms with Crippen LogP contribution >= 0.6 is 15.9 Å². The van der Waals surface area contributed by atoms with Crippen molar-refractivity contribution in [1.29, 1.82) is 0 Å². The van der Waals surface area contributed by atoms with E-state index in [2.05, 4.69) is 21.2 Å². The molecule has 2 nitrogen and oxygen atoms in total. The molecule has 110 valence electrons. The van der Waals surface area contributed by atoms with Crippen molar-refractivity contribution in [2.45, 2.75) is 25.4 Å². The largest absolute Gasteiger partial charge is 0.450 e. The summed E-state index contributed by atoms with van der Waals surface area (Å²) in [6.07, 6.45) is 2.27. The second-order valence-corrected chi connectivity index (χ2v) is 5.93. The van der Waals surface area contributed by atoms with Gasteiger partial charge in [-0.3, -0.25) is 0 Å². The van der Waals surface area contributed by atoms with E-state index in [4.69, 9.17) is 4.74 Å². The molecule has 0 aliphatic heterocycles. The number of hydrogen-bond donors (Lipinski definition) is 1. The first-order valence-corrected chi connectivity index (χ1v) is 7.56. The lowest BCUT2D eigenvalue weighted by molar-refractivity contribution is 0.404. The van der Waals surface area contributed by atoms with Gasteiger partial charge in [0.05, 0.1) is 4.47 Å². The Bertz CT molecular complexity index is 635. The van der Waals surface area contributed by atoms with E-state index in [-0.39, 0.29) is 5.75 Å². The van der Waals surface area contributed by atoms with Crippen LogP contribution in [-0.4, -0.2) is 6.04 Å². The summed E-state index contributed by atoms with van der Waals surface area (Å²) < 4.78 is 34.1. The van der Waals surface area contributed by atoms with Gasteiger partial charge in [-0.2, -0.15) is 0 Å². The average Bonchev–Trinajstić information content (AvgIpc) is 3.26. The maximum Gasteiger partial charge on any atom is 0.198 e. The molecular weight excluding hydrogens is 340 g/mol. The molecule has 1 saturated carbocycles. The molecule has 1 fully saturated rings. The van der Waals surface area contributed by atoms with Gasteiger partial charge in [-0.05, 0) is 58.6 Å². The Morgan fingerprint density at radius 1 is 1.14 bits per heavy atom. The molecule has 0 spiro atoms. The highest BCUT2D eigenvalue weighted by Crippen LogP contribution is 2.33. The Balaban J connectivity index is 1.80. The van der Waals surface area contributed by atoms with Gasteiger partial charge in [0.1, 0.15) is 5.75 Å². The van der Waals surface area contributed by atoms with Crippen molar-refractivity contribution in [2.24, 2.45) is 0 Å². The molecular formula is C16H14BrF2NO. The van der Waals surface area contributed by atoms with Gasteiger partial charge >= 0.3 is 0 Å². The molecule has 5 heteroatoms. The van der Waals surface area contributed by atoms with E-state index >= 15 is 0 Å². The molecule has 3 rings (SSSR count). The maximum atomic E-state index is 14.1. The summed E-state index contributed by atoms with van der Waals surface area (Å²) in [5, 5.41) is 3.22. The highest BCUT2D eigenvalue weighted by atomic mass is 79.9. The number of benzene rings is 2. The molecule has 1 N–H and O–H groups in total. The van der Waals surface area contributed by atoms with Crippen LogP contribution in [0.15, 0.2) is 40.9 Å². The third-order valence-electron chi connectivity index (χ3n) is 3.28. The Morgan fingerprint density at radius 2 is 1.81 bits per heavy atom. The van der Waals surface area contributed by atoms with Crippen molar-refractivity contribution in [2.75, 3.05) is 0 Å². The lowest BCUT2D eigenvalue weighted by atomic mass is 10.2. The predicted molar refractivity (Wildman–Crippen MR) is 80.4 cm³/mol. The number of ether oxygens (including phenoxy) is 1. The molecule has 0 saturated heterocycles. The first kappa shape index (κ1) is 14.5. The molecule has 0 atom stereocenters. The predicted octanol–water partition coefficient (Wildman–Crippen LogP) is 4.77. The monoisotopic (exact) mass is 353 g/mol. The summed E-state index contributed by atoms with van der Waals surface area (Å²) in [7, 11) is 0. The molecule has 2 aromatic rings. The second-order valence-electron chi connectivity index (χ2n) is 5.08. The summed E-state index contributed by atoms with van der Waals surface area (Å²) in [5.74, 6) is -1.40. The molecule has 1 aliphatic carbocycles. The third kappa shape index (κ3) is 3.60. The highest BCUT2D eigenvalue weighted by Gasteiger charge is 2.21. The first-order valence-electron chi connectivity index (χ1n) is 6.77. The Hall–Kier alpha value is -1.46. The summed E-state index contributed by atoms with van der Waals surface area (Å²) >= 11 is 3.29. The van der Waals surface area contributed by atoms with Gasteiger partial charge in [0, 0.05) is 12.6 Å². The topological polar surface area (TPSA) is 21.3 Å². The molecule has 21 heavy (non-hydrogen) atoms. The van der Waals surface area contributed by atoms with Crippen molar-refractivity contribution in [3.63, 3.8) is 0 Å².